The zero-order valence-corrected chi connectivity index (χ0v) is 15.6. The van der Waals surface area contributed by atoms with Crippen LogP contribution in [0.3, 0.4) is 0 Å². The van der Waals surface area contributed by atoms with E-state index < -0.39 is 5.91 Å². The summed E-state index contributed by atoms with van der Waals surface area (Å²) in [4.78, 5) is 34.3. The first-order valence-electron chi connectivity index (χ1n) is 9.44. The molecule has 7 nitrogen and oxygen atoms in total. The Bertz CT molecular complexity index is 1080. The highest BCUT2D eigenvalue weighted by Gasteiger charge is 2.24. The highest BCUT2D eigenvalue weighted by molar-refractivity contribution is 6.05. The first kappa shape index (κ1) is 18.3. The number of hydrogen-bond acceptors (Lipinski definition) is 5. The van der Waals surface area contributed by atoms with Crippen molar-refractivity contribution in [1.29, 1.82) is 0 Å². The quantitative estimate of drug-likeness (QED) is 0.730. The number of aromatic nitrogens is 3. The van der Waals surface area contributed by atoms with E-state index in [2.05, 4.69) is 15.3 Å². The van der Waals surface area contributed by atoms with E-state index in [0.29, 0.717) is 29.6 Å². The number of aryl methyl sites for hydroxylation is 1. The van der Waals surface area contributed by atoms with E-state index >= 15 is 0 Å². The van der Waals surface area contributed by atoms with Crippen molar-refractivity contribution in [2.75, 3.05) is 5.32 Å². The fraction of sp³-hybridized carbons (Fsp3) is 0.333. The Kier molecular flexibility index (Phi) is 4.92. The van der Waals surface area contributed by atoms with Crippen LogP contribution in [0.5, 0.6) is 0 Å². The Morgan fingerprint density at radius 3 is 2.75 bits per heavy atom. The number of amides is 1. The van der Waals surface area contributed by atoms with Crippen LogP contribution in [0.2, 0.25) is 0 Å². The fourth-order valence-electron chi connectivity index (χ4n) is 3.76. The molecule has 7 heteroatoms. The molecule has 0 saturated heterocycles. The minimum Gasteiger partial charge on any atom is -0.393 e. The molecule has 28 heavy (non-hydrogen) atoms. The van der Waals surface area contributed by atoms with Gasteiger partial charge in [-0.2, -0.15) is 0 Å². The molecule has 1 fully saturated rings. The molecule has 1 aliphatic rings. The number of fused-ring (bicyclic) bond motifs is 1. The predicted octanol–water partition coefficient (Wildman–Crippen LogP) is 2.83. The summed E-state index contributed by atoms with van der Waals surface area (Å²) in [6.07, 6.45) is 9.19. The van der Waals surface area contributed by atoms with Crippen LogP contribution in [-0.2, 0) is 0 Å². The zero-order chi connectivity index (χ0) is 19.7. The first-order valence-corrected chi connectivity index (χ1v) is 9.44. The third-order valence-corrected chi connectivity index (χ3v) is 5.36. The molecule has 0 radical (unpaired) electrons. The van der Waals surface area contributed by atoms with Crippen molar-refractivity contribution in [2.45, 2.75) is 44.8 Å². The van der Waals surface area contributed by atoms with Crippen LogP contribution in [0.25, 0.3) is 11.0 Å². The highest BCUT2D eigenvalue weighted by atomic mass is 16.3. The molecule has 0 bridgehead atoms. The largest absolute Gasteiger partial charge is 0.393 e. The highest BCUT2D eigenvalue weighted by Crippen LogP contribution is 2.30. The second kappa shape index (κ2) is 7.52. The maximum atomic E-state index is 13.0. The summed E-state index contributed by atoms with van der Waals surface area (Å²) >= 11 is 0. The van der Waals surface area contributed by atoms with Crippen molar-refractivity contribution in [3.05, 3.63) is 64.3 Å². The number of aliphatic hydroxyl groups excluding tert-OH is 1. The van der Waals surface area contributed by atoms with Crippen molar-refractivity contribution in [2.24, 2.45) is 0 Å². The van der Waals surface area contributed by atoms with E-state index in [0.717, 1.165) is 18.4 Å². The molecule has 0 atom stereocenters. The summed E-state index contributed by atoms with van der Waals surface area (Å²) in [6, 6.07) is 5.20. The maximum Gasteiger partial charge on any atom is 0.261 e. The number of carbonyl (C=O) groups is 1. The smallest absolute Gasteiger partial charge is 0.261 e. The number of aliphatic hydroxyl groups is 1. The molecule has 1 aliphatic carbocycles. The van der Waals surface area contributed by atoms with E-state index in [1.807, 2.05) is 11.5 Å². The van der Waals surface area contributed by atoms with Gasteiger partial charge in [-0.25, -0.2) is 4.98 Å². The average Bonchev–Trinajstić information content (AvgIpc) is 2.71. The molecular weight excluding hydrogens is 356 g/mol. The third-order valence-electron chi connectivity index (χ3n) is 5.36. The van der Waals surface area contributed by atoms with Crippen LogP contribution in [0, 0.1) is 6.92 Å². The summed E-state index contributed by atoms with van der Waals surface area (Å²) in [5, 5.41) is 13.1. The van der Waals surface area contributed by atoms with Crippen molar-refractivity contribution in [1.82, 2.24) is 14.5 Å². The normalized spacial score (nSPS) is 19.5. The van der Waals surface area contributed by atoms with Gasteiger partial charge in [0.15, 0.2) is 0 Å². The van der Waals surface area contributed by atoms with E-state index in [-0.39, 0.29) is 23.1 Å². The van der Waals surface area contributed by atoms with Crippen LogP contribution in [-0.4, -0.2) is 31.7 Å². The lowest BCUT2D eigenvalue weighted by molar-refractivity contribution is 0.102. The Labute approximate surface area is 162 Å². The number of rotatable bonds is 3. The third kappa shape index (κ3) is 3.41. The molecule has 3 heterocycles. The Morgan fingerprint density at radius 1 is 1.21 bits per heavy atom. The minimum atomic E-state index is -0.449. The number of pyridine rings is 3. The van der Waals surface area contributed by atoms with Crippen molar-refractivity contribution < 1.29 is 9.90 Å². The van der Waals surface area contributed by atoms with Gasteiger partial charge in [0, 0.05) is 36.5 Å². The van der Waals surface area contributed by atoms with Gasteiger partial charge in [-0.3, -0.25) is 14.6 Å². The number of hydrogen-bond donors (Lipinski definition) is 2. The van der Waals surface area contributed by atoms with E-state index in [1.165, 1.54) is 0 Å². The van der Waals surface area contributed by atoms with Crippen LogP contribution in [0.1, 0.15) is 47.6 Å². The molecule has 0 aromatic carbocycles. The van der Waals surface area contributed by atoms with Crippen molar-refractivity contribution in [3.8, 4) is 0 Å². The van der Waals surface area contributed by atoms with Gasteiger partial charge in [-0.1, -0.05) is 0 Å². The molecule has 1 saturated carbocycles. The lowest BCUT2D eigenvalue weighted by Gasteiger charge is -2.28. The molecule has 0 spiro atoms. The van der Waals surface area contributed by atoms with Gasteiger partial charge in [-0.15, -0.1) is 0 Å². The molecular formula is C21H22N4O3. The summed E-state index contributed by atoms with van der Waals surface area (Å²) in [7, 11) is 0. The summed E-state index contributed by atoms with van der Waals surface area (Å²) < 4.78 is 1.93. The van der Waals surface area contributed by atoms with Gasteiger partial charge in [-0.05, 0) is 56.4 Å². The van der Waals surface area contributed by atoms with Gasteiger partial charge >= 0.3 is 0 Å². The monoisotopic (exact) mass is 378 g/mol. The van der Waals surface area contributed by atoms with Gasteiger partial charge in [0.25, 0.3) is 5.91 Å². The van der Waals surface area contributed by atoms with Crippen LogP contribution < -0.4 is 10.7 Å². The van der Waals surface area contributed by atoms with E-state index in [9.17, 15) is 14.7 Å². The number of nitrogens with one attached hydrogen (secondary N) is 1. The fourth-order valence-corrected chi connectivity index (χ4v) is 3.76. The number of nitrogens with zero attached hydrogens (tertiary/aromatic N) is 3. The topological polar surface area (TPSA) is 97.1 Å². The number of anilines is 1. The standard InChI is InChI=1S/C21H22N4O3/c1-13-11-22-10-8-18(13)24-21(28)17-12-25(14-4-6-15(26)7-5-14)20-16(19(17)27)3-2-9-23-20/h2-3,8-12,14-15,26H,4-7H2,1H3,(H,22,24,28). The first-order chi connectivity index (χ1) is 13.5. The molecule has 3 aromatic heterocycles. The molecule has 3 aromatic rings. The lowest BCUT2D eigenvalue weighted by atomic mass is 9.92. The zero-order valence-electron chi connectivity index (χ0n) is 15.6. The number of carbonyl (C=O) groups excluding carboxylic acids is 1. The molecule has 144 valence electrons. The Morgan fingerprint density at radius 2 is 2.00 bits per heavy atom. The van der Waals surface area contributed by atoms with Gasteiger partial charge in [0.05, 0.1) is 11.5 Å². The SMILES string of the molecule is Cc1cnccc1NC(=O)c1cn(C2CCC(O)CC2)c2ncccc2c1=O. The van der Waals surface area contributed by atoms with Gasteiger partial charge in [0.2, 0.25) is 5.43 Å². The second-order valence-corrected chi connectivity index (χ2v) is 7.26. The van der Waals surface area contributed by atoms with Crippen LogP contribution in [0.15, 0.2) is 47.8 Å². The van der Waals surface area contributed by atoms with E-state index in [4.69, 9.17) is 0 Å². The minimum absolute atomic E-state index is 0.0860. The second-order valence-electron chi connectivity index (χ2n) is 7.26. The summed E-state index contributed by atoms with van der Waals surface area (Å²) in [5.41, 5.74) is 1.77. The lowest BCUT2D eigenvalue weighted by Crippen LogP contribution is -2.27. The molecule has 1 amide bonds. The maximum absolute atomic E-state index is 13.0. The van der Waals surface area contributed by atoms with Gasteiger partial charge in [0.1, 0.15) is 11.2 Å². The molecule has 2 N–H and O–H groups in total. The van der Waals surface area contributed by atoms with Crippen LogP contribution >= 0.6 is 0 Å². The Balaban J connectivity index is 1.78. The van der Waals surface area contributed by atoms with Gasteiger partial charge < -0.3 is 15.0 Å². The average molecular weight is 378 g/mol. The van der Waals surface area contributed by atoms with Crippen molar-refractivity contribution in [3.63, 3.8) is 0 Å². The van der Waals surface area contributed by atoms with E-state index in [1.54, 1.807) is 43.0 Å². The Hall–Kier alpha value is -3.06. The molecule has 4 rings (SSSR count). The summed E-state index contributed by atoms with van der Waals surface area (Å²) in [5.74, 6) is -0.449. The van der Waals surface area contributed by atoms with Crippen molar-refractivity contribution >= 4 is 22.6 Å². The molecule has 0 unspecified atom stereocenters. The molecule has 0 aliphatic heterocycles. The van der Waals surface area contributed by atoms with Crippen LogP contribution in [0.4, 0.5) is 5.69 Å². The predicted molar refractivity (Wildman–Crippen MR) is 106 cm³/mol. The summed E-state index contributed by atoms with van der Waals surface area (Å²) in [6.45, 7) is 1.85.